The molecule has 22 heavy (non-hydrogen) atoms. The third-order valence-corrected chi connectivity index (χ3v) is 4.97. The number of rotatable bonds is 3. The monoisotopic (exact) mass is 330 g/mol. The minimum absolute atomic E-state index is 0.273. The Kier molecular flexibility index (Phi) is 5.12. The van der Waals surface area contributed by atoms with Gasteiger partial charge in [-0.2, -0.15) is 13.2 Å². The van der Waals surface area contributed by atoms with Crippen molar-refractivity contribution < 1.29 is 13.2 Å². The molecule has 0 aliphatic carbocycles. The highest BCUT2D eigenvalue weighted by Crippen LogP contribution is 2.37. The van der Waals surface area contributed by atoms with Crippen LogP contribution in [0.3, 0.4) is 0 Å². The molecular weight excluding hydrogens is 309 g/mol. The van der Waals surface area contributed by atoms with Crippen LogP contribution in [0.15, 0.2) is 34.7 Å². The summed E-state index contributed by atoms with van der Waals surface area (Å²) in [4.78, 5) is 2.79. The first-order valence-electron chi connectivity index (χ1n) is 7.24. The average Bonchev–Trinajstić information content (AvgIpc) is 2.39. The Morgan fingerprint density at radius 2 is 1.86 bits per heavy atom. The number of halogens is 3. The molecule has 6 heteroatoms. The van der Waals surface area contributed by atoms with Crippen LogP contribution in [0.1, 0.15) is 25.0 Å². The van der Waals surface area contributed by atoms with Crippen molar-refractivity contribution >= 4 is 11.8 Å². The van der Waals surface area contributed by atoms with E-state index in [2.05, 4.69) is 30.6 Å². The van der Waals surface area contributed by atoms with E-state index < -0.39 is 11.7 Å². The Hall–Kier alpha value is -1.14. The van der Waals surface area contributed by atoms with E-state index >= 15 is 0 Å². The zero-order valence-corrected chi connectivity index (χ0v) is 13.8. The van der Waals surface area contributed by atoms with Gasteiger partial charge < -0.3 is 10.2 Å². The number of nitrogens with zero attached hydrogens (tertiary/aromatic N) is 1. The highest BCUT2D eigenvalue weighted by atomic mass is 32.2. The third kappa shape index (κ3) is 3.79. The Morgan fingerprint density at radius 3 is 2.41 bits per heavy atom. The molecule has 0 aromatic heterocycles. The van der Waals surface area contributed by atoms with Crippen molar-refractivity contribution in [2.24, 2.45) is 0 Å². The highest BCUT2D eigenvalue weighted by molar-refractivity contribution is 8.03. The van der Waals surface area contributed by atoms with Crippen molar-refractivity contribution in [3.63, 3.8) is 0 Å². The Labute approximate surface area is 133 Å². The van der Waals surface area contributed by atoms with Crippen LogP contribution >= 0.6 is 11.8 Å². The van der Waals surface area contributed by atoms with Gasteiger partial charge in [0.2, 0.25) is 0 Å². The van der Waals surface area contributed by atoms with E-state index in [0.29, 0.717) is 4.90 Å². The molecule has 0 radical (unpaired) electrons. The van der Waals surface area contributed by atoms with Gasteiger partial charge in [-0.15, -0.1) is 0 Å². The van der Waals surface area contributed by atoms with E-state index in [4.69, 9.17) is 0 Å². The summed E-state index contributed by atoms with van der Waals surface area (Å²) in [6.45, 7) is 11.8. The van der Waals surface area contributed by atoms with Gasteiger partial charge in [0.1, 0.15) is 0 Å². The lowest BCUT2D eigenvalue weighted by Gasteiger charge is -2.42. The van der Waals surface area contributed by atoms with Crippen LogP contribution in [-0.2, 0) is 6.18 Å². The zero-order chi connectivity index (χ0) is 16.5. The van der Waals surface area contributed by atoms with E-state index in [-0.39, 0.29) is 12.1 Å². The quantitative estimate of drug-likeness (QED) is 0.834. The smallest absolute Gasteiger partial charge is 0.359 e. The maximum absolute atomic E-state index is 12.9. The number of benzene rings is 1. The number of hydrogen-bond donors (Lipinski definition) is 1. The molecule has 0 unspecified atom stereocenters. The maximum atomic E-state index is 12.9. The van der Waals surface area contributed by atoms with Crippen LogP contribution in [-0.4, -0.2) is 30.1 Å². The molecule has 2 rings (SSSR count). The average molecular weight is 330 g/mol. The molecule has 2 nitrogen and oxygen atoms in total. The molecule has 1 heterocycles. The number of nitrogens with one attached hydrogen (secondary N) is 1. The van der Waals surface area contributed by atoms with E-state index in [1.54, 1.807) is 0 Å². The van der Waals surface area contributed by atoms with Crippen LogP contribution in [0.2, 0.25) is 0 Å². The maximum Gasteiger partial charge on any atom is 0.416 e. The lowest BCUT2D eigenvalue weighted by atomic mass is 10.1. The van der Waals surface area contributed by atoms with Crippen molar-refractivity contribution in [2.75, 3.05) is 13.1 Å². The van der Waals surface area contributed by atoms with Crippen LogP contribution in [0.25, 0.3) is 0 Å². The topological polar surface area (TPSA) is 15.3 Å². The summed E-state index contributed by atoms with van der Waals surface area (Å²) >= 11 is 1.32. The van der Waals surface area contributed by atoms with Gasteiger partial charge in [0.05, 0.1) is 10.6 Å². The highest BCUT2D eigenvalue weighted by Gasteiger charge is 2.31. The zero-order valence-electron chi connectivity index (χ0n) is 13.0. The van der Waals surface area contributed by atoms with Crippen molar-refractivity contribution in [3.8, 4) is 0 Å². The van der Waals surface area contributed by atoms with Crippen molar-refractivity contribution in [1.29, 1.82) is 0 Å². The molecule has 1 N–H and O–H groups in total. The molecule has 1 aromatic rings. The second kappa shape index (κ2) is 6.54. The number of alkyl halides is 3. The molecule has 0 amide bonds. The van der Waals surface area contributed by atoms with Gasteiger partial charge in [-0.3, -0.25) is 0 Å². The lowest BCUT2D eigenvalue weighted by molar-refractivity contribution is -0.137. The summed E-state index contributed by atoms with van der Waals surface area (Å²) in [7, 11) is 0. The molecule has 0 saturated carbocycles. The fraction of sp³-hybridized carbons (Fsp3) is 0.500. The van der Waals surface area contributed by atoms with Gasteiger partial charge in [0.15, 0.2) is 0 Å². The lowest BCUT2D eigenvalue weighted by Crippen LogP contribution is -2.53. The number of hydrogen-bond acceptors (Lipinski definition) is 3. The van der Waals surface area contributed by atoms with Gasteiger partial charge in [0, 0.05) is 30.1 Å². The molecule has 1 aliphatic heterocycles. The van der Waals surface area contributed by atoms with E-state index in [0.717, 1.165) is 29.7 Å². The summed E-state index contributed by atoms with van der Waals surface area (Å²) in [6, 6.07) is 4.40. The predicted octanol–water partition coefficient (Wildman–Crippen LogP) is 4.26. The van der Waals surface area contributed by atoms with Gasteiger partial charge >= 0.3 is 6.18 Å². The van der Waals surface area contributed by atoms with E-state index in [1.807, 2.05) is 6.92 Å². The van der Waals surface area contributed by atoms with Crippen LogP contribution in [0, 0.1) is 6.92 Å². The largest absolute Gasteiger partial charge is 0.416 e. The first-order chi connectivity index (χ1) is 10.2. The molecular formula is C16H21F3N2S. The number of aryl methyl sites for hydroxylation is 1. The minimum Gasteiger partial charge on any atom is -0.359 e. The minimum atomic E-state index is -4.32. The SMILES string of the molecule is C=C(Sc1cc(C(F)(F)F)ccc1C)N1[C@H](C)CNC[C@@H]1C. The summed E-state index contributed by atoms with van der Waals surface area (Å²) in [5.41, 5.74) is 0.212. The molecule has 122 valence electrons. The molecule has 1 aliphatic rings. The summed E-state index contributed by atoms with van der Waals surface area (Å²) in [5, 5.41) is 4.13. The van der Waals surface area contributed by atoms with E-state index in [9.17, 15) is 13.2 Å². The van der Waals surface area contributed by atoms with Crippen molar-refractivity contribution in [2.45, 2.75) is 43.9 Å². The summed E-state index contributed by atoms with van der Waals surface area (Å²) in [5.74, 6) is 0. The van der Waals surface area contributed by atoms with E-state index in [1.165, 1.54) is 23.9 Å². The molecule has 1 saturated heterocycles. The third-order valence-electron chi connectivity index (χ3n) is 3.86. The Bertz CT molecular complexity index is 547. The van der Waals surface area contributed by atoms with Gasteiger partial charge in [-0.25, -0.2) is 0 Å². The first-order valence-corrected chi connectivity index (χ1v) is 8.05. The normalized spacial score (nSPS) is 22.7. The Morgan fingerprint density at radius 1 is 1.27 bits per heavy atom. The van der Waals surface area contributed by atoms with Crippen molar-refractivity contribution in [3.05, 3.63) is 40.9 Å². The fourth-order valence-corrected chi connectivity index (χ4v) is 3.82. The Balaban J connectivity index is 2.21. The first kappa shape index (κ1) is 17.2. The van der Waals surface area contributed by atoms with Gasteiger partial charge in [-0.1, -0.05) is 24.4 Å². The van der Waals surface area contributed by atoms with Gasteiger partial charge in [-0.05, 0) is 38.5 Å². The fourth-order valence-electron chi connectivity index (χ4n) is 2.69. The number of piperazine rings is 1. The van der Waals surface area contributed by atoms with Crippen LogP contribution < -0.4 is 5.32 Å². The number of thioether (sulfide) groups is 1. The molecule has 2 atom stereocenters. The molecule has 0 spiro atoms. The second-order valence-corrected chi connectivity index (χ2v) is 6.85. The standard InChI is InChI=1S/C16H21F3N2S/c1-10-5-6-14(16(17,18)19)7-15(10)22-13(4)21-11(2)8-20-9-12(21)3/h5-7,11-12,20H,4,8-9H2,1-3H3/t11-,12+. The van der Waals surface area contributed by atoms with Gasteiger partial charge in [0.25, 0.3) is 0 Å². The van der Waals surface area contributed by atoms with Crippen molar-refractivity contribution in [1.82, 2.24) is 10.2 Å². The predicted molar refractivity (Wildman–Crippen MR) is 84.8 cm³/mol. The molecule has 0 bridgehead atoms. The summed E-state index contributed by atoms with van der Waals surface area (Å²) < 4.78 is 38.6. The second-order valence-electron chi connectivity index (χ2n) is 5.74. The van der Waals surface area contributed by atoms with Crippen LogP contribution in [0.5, 0.6) is 0 Å². The molecule has 1 aromatic carbocycles. The molecule has 1 fully saturated rings. The summed E-state index contributed by atoms with van der Waals surface area (Å²) in [6.07, 6.45) is -4.32. The van der Waals surface area contributed by atoms with Crippen LogP contribution in [0.4, 0.5) is 13.2 Å².